The van der Waals surface area contributed by atoms with Crippen molar-refractivity contribution in [2.24, 2.45) is 0 Å². The number of aromatic nitrogens is 1. The van der Waals surface area contributed by atoms with Crippen LogP contribution in [0.2, 0.25) is 0 Å². The van der Waals surface area contributed by atoms with Gasteiger partial charge in [0.05, 0.1) is 10.2 Å². The van der Waals surface area contributed by atoms with E-state index in [-0.39, 0.29) is 0 Å². The van der Waals surface area contributed by atoms with Crippen LogP contribution in [0.15, 0.2) is 30.0 Å². The van der Waals surface area contributed by atoms with Crippen molar-refractivity contribution in [3.05, 3.63) is 35.0 Å². The van der Waals surface area contributed by atoms with Gasteiger partial charge in [0.25, 0.3) is 0 Å². The Kier molecular flexibility index (Phi) is 3.47. The van der Waals surface area contributed by atoms with Gasteiger partial charge in [-0.3, -0.25) is 0 Å². The molecule has 1 aliphatic rings. The van der Waals surface area contributed by atoms with E-state index in [0.717, 1.165) is 45.9 Å². The number of nitrogens with one attached hydrogen (secondary N) is 1. The number of para-hydroxylation sites is 1. The molecular formula is C15H15N3S. The summed E-state index contributed by atoms with van der Waals surface area (Å²) in [5.74, 6) is 0. The van der Waals surface area contributed by atoms with Crippen molar-refractivity contribution in [1.82, 2.24) is 10.3 Å². The number of allylic oxidation sites excluding steroid dienone is 2. The van der Waals surface area contributed by atoms with Gasteiger partial charge in [-0.2, -0.15) is 5.26 Å². The second kappa shape index (κ2) is 5.41. The molecule has 19 heavy (non-hydrogen) atoms. The predicted molar refractivity (Wildman–Crippen MR) is 78.6 cm³/mol. The lowest BCUT2D eigenvalue weighted by Gasteiger charge is -2.07. The number of thiazole rings is 1. The van der Waals surface area contributed by atoms with Gasteiger partial charge in [-0.05, 0) is 31.4 Å². The molecule has 0 aliphatic carbocycles. The minimum absolute atomic E-state index is 0.725. The van der Waals surface area contributed by atoms with Crippen LogP contribution in [-0.2, 0) is 0 Å². The first-order chi connectivity index (χ1) is 9.38. The van der Waals surface area contributed by atoms with Gasteiger partial charge in [0, 0.05) is 12.2 Å². The second-order valence-electron chi connectivity index (χ2n) is 4.69. The van der Waals surface area contributed by atoms with Crippen LogP contribution in [0.25, 0.3) is 15.8 Å². The Bertz CT molecular complexity index is 620. The van der Waals surface area contributed by atoms with Gasteiger partial charge in [0.15, 0.2) is 0 Å². The van der Waals surface area contributed by atoms with Gasteiger partial charge in [-0.15, -0.1) is 11.3 Å². The van der Waals surface area contributed by atoms with E-state index >= 15 is 0 Å². The molecule has 1 fully saturated rings. The maximum absolute atomic E-state index is 9.47. The lowest BCUT2D eigenvalue weighted by molar-refractivity contribution is 0.721. The summed E-state index contributed by atoms with van der Waals surface area (Å²) in [5, 5.41) is 13.7. The maximum atomic E-state index is 9.47. The number of benzene rings is 1. The lowest BCUT2D eigenvalue weighted by atomic mass is 10.1. The van der Waals surface area contributed by atoms with Gasteiger partial charge in [-0.25, -0.2) is 4.98 Å². The highest BCUT2D eigenvalue weighted by atomic mass is 32.1. The molecule has 1 aromatic carbocycles. The van der Waals surface area contributed by atoms with Gasteiger partial charge < -0.3 is 5.32 Å². The molecular weight excluding hydrogens is 254 g/mol. The number of hydrogen-bond donors (Lipinski definition) is 1. The van der Waals surface area contributed by atoms with Crippen molar-refractivity contribution in [3.63, 3.8) is 0 Å². The number of hydrogen-bond acceptors (Lipinski definition) is 4. The SMILES string of the molecule is N#C/C(=C1/CCCCCN1)c1nc2ccccc2s1. The van der Waals surface area contributed by atoms with E-state index in [1.165, 1.54) is 12.8 Å². The van der Waals surface area contributed by atoms with E-state index in [9.17, 15) is 5.26 Å². The smallest absolute Gasteiger partial charge is 0.136 e. The second-order valence-corrected chi connectivity index (χ2v) is 5.72. The van der Waals surface area contributed by atoms with E-state index in [0.29, 0.717) is 0 Å². The number of rotatable bonds is 1. The van der Waals surface area contributed by atoms with Crippen molar-refractivity contribution in [1.29, 1.82) is 5.26 Å². The zero-order valence-electron chi connectivity index (χ0n) is 10.6. The molecule has 0 amide bonds. The number of nitriles is 1. The topological polar surface area (TPSA) is 48.7 Å². The summed E-state index contributed by atoms with van der Waals surface area (Å²) in [7, 11) is 0. The van der Waals surface area contributed by atoms with Crippen molar-refractivity contribution in [3.8, 4) is 6.07 Å². The van der Waals surface area contributed by atoms with Crippen LogP contribution in [0.1, 0.15) is 30.7 Å². The fourth-order valence-corrected chi connectivity index (χ4v) is 3.36. The normalized spacial score (nSPS) is 18.5. The summed E-state index contributed by atoms with van der Waals surface area (Å²) in [5.41, 5.74) is 2.77. The Labute approximate surface area is 116 Å². The molecule has 96 valence electrons. The molecule has 4 heteroatoms. The van der Waals surface area contributed by atoms with Crippen LogP contribution in [0.4, 0.5) is 0 Å². The highest BCUT2D eigenvalue weighted by Crippen LogP contribution is 2.29. The van der Waals surface area contributed by atoms with Crippen molar-refractivity contribution >= 4 is 27.1 Å². The fourth-order valence-electron chi connectivity index (χ4n) is 2.37. The summed E-state index contributed by atoms with van der Waals surface area (Å²) in [6.07, 6.45) is 4.52. The molecule has 0 saturated carbocycles. The molecule has 2 aromatic rings. The summed E-state index contributed by atoms with van der Waals surface area (Å²) in [6, 6.07) is 10.4. The molecule has 0 unspecified atom stereocenters. The highest BCUT2D eigenvalue weighted by molar-refractivity contribution is 7.19. The fraction of sp³-hybridized carbons (Fsp3) is 0.333. The van der Waals surface area contributed by atoms with Crippen LogP contribution >= 0.6 is 11.3 Å². The van der Waals surface area contributed by atoms with Crippen LogP contribution in [0, 0.1) is 11.3 Å². The minimum Gasteiger partial charge on any atom is -0.387 e. The Morgan fingerprint density at radius 2 is 2.16 bits per heavy atom. The maximum Gasteiger partial charge on any atom is 0.136 e. The Morgan fingerprint density at radius 1 is 1.26 bits per heavy atom. The Morgan fingerprint density at radius 3 is 3.00 bits per heavy atom. The third kappa shape index (κ3) is 2.47. The Balaban J connectivity index is 2.06. The predicted octanol–water partition coefficient (Wildman–Crippen LogP) is 3.69. The average Bonchev–Trinajstić information content (AvgIpc) is 2.67. The van der Waals surface area contributed by atoms with Crippen LogP contribution in [-0.4, -0.2) is 11.5 Å². The summed E-state index contributed by atoms with van der Waals surface area (Å²) < 4.78 is 1.14. The van der Waals surface area contributed by atoms with Crippen molar-refractivity contribution in [2.75, 3.05) is 6.54 Å². The quantitative estimate of drug-likeness (QED) is 0.803. The largest absolute Gasteiger partial charge is 0.387 e. The molecule has 1 N–H and O–H groups in total. The number of nitrogens with zero attached hydrogens (tertiary/aromatic N) is 2. The average molecular weight is 269 g/mol. The zero-order valence-corrected chi connectivity index (χ0v) is 11.5. The third-order valence-corrected chi connectivity index (χ3v) is 4.42. The van der Waals surface area contributed by atoms with Crippen LogP contribution in [0.5, 0.6) is 0 Å². The molecule has 1 saturated heterocycles. The molecule has 3 nitrogen and oxygen atoms in total. The van der Waals surface area contributed by atoms with E-state index in [1.54, 1.807) is 11.3 Å². The minimum atomic E-state index is 0.725. The van der Waals surface area contributed by atoms with Gasteiger partial charge >= 0.3 is 0 Å². The molecule has 1 aliphatic heterocycles. The monoisotopic (exact) mass is 269 g/mol. The third-order valence-electron chi connectivity index (χ3n) is 3.36. The first kappa shape index (κ1) is 12.2. The zero-order chi connectivity index (χ0) is 13.1. The van der Waals surface area contributed by atoms with Crippen molar-refractivity contribution in [2.45, 2.75) is 25.7 Å². The van der Waals surface area contributed by atoms with Crippen LogP contribution in [0.3, 0.4) is 0 Å². The van der Waals surface area contributed by atoms with Gasteiger partial charge in [0.1, 0.15) is 16.6 Å². The van der Waals surface area contributed by atoms with Crippen LogP contribution < -0.4 is 5.32 Å². The molecule has 0 spiro atoms. The molecule has 1 aromatic heterocycles. The van der Waals surface area contributed by atoms with Crippen molar-refractivity contribution < 1.29 is 0 Å². The molecule has 0 bridgehead atoms. The van der Waals surface area contributed by atoms with E-state index in [1.807, 2.05) is 18.2 Å². The summed E-state index contributed by atoms with van der Waals surface area (Å²) >= 11 is 1.60. The van der Waals surface area contributed by atoms with E-state index in [2.05, 4.69) is 22.4 Å². The standard InChI is InChI=1S/C15H15N3S/c16-10-11(12-6-2-1-5-9-17-12)15-18-13-7-3-4-8-14(13)19-15/h3-4,7-8,17H,1-2,5-6,9H2/b12-11+. The van der Waals surface area contributed by atoms with Gasteiger partial charge in [-0.1, -0.05) is 18.6 Å². The molecule has 0 atom stereocenters. The molecule has 0 radical (unpaired) electrons. The summed E-state index contributed by atoms with van der Waals surface area (Å²) in [4.78, 5) is 4.59. The summed E-state index contributed by atoms with van der Waals surface area (Å²) in [6.45, 7) is 0.964. The molecule has 2 heterocycles. The molecule has 3 rings (SSSR count). The first-order valence-corrected chi connectivity index (χ1v) is 7.43. The Hall–Kier alpha value is -1.86. The van der Waals surface area contributed by atoms with E-state index < -0.39 is 0 Å². The lowest BCUT2D eigenvalue weighted by Crippen LogP contribution is -2.13. The number of fused-ring (bicyclic) bond motifs is 1. The van der Waals surface area contributed by atoms with Gasteiger partial charge in [0.2, 0.25) is 0 Å². The first-order valence-electron chi connectivity index (χ1n) is 6.61. The highest BCUT2D eigenvalue weighted by Gasteiger charge is 2.15. The van der Waals surface area contributed by atoms with E-state index in [4.69, 9.17) is 0 Å².